The van der Waals surface area contributed by atoms with Crippen molar-refractivity contribution < 1.29 is 14.3 Å². The van der Waals surface area contributed by atoms with Crippen LogP contribution in [0, 0.1) is 0 Å². The number of amides is 2. The fourth-order valence-electron chi connectivity index (χ4n) is 3.38. The van der Waals surface area contributed by atoms with Crippen molar-refractivity contribution in [2.75, 3.05) is 13.2 Å². The molecule has 1 saturated carbocycles. The topological polar surface area (TPSA) is 71.5 Å². The number of rotatable bonds is 6. The summed E-state index contributed by atoms with van der Waals surface area (Å²) in [6.45, 7) is 0.507. The predicted molar refractivity (Wildman–Crippen MR) is 97.6 cm³/mol. The number of aromatic nitrogens is 1. The maximum Gasteiger partial charge on any atom is 0.251 e. The number of pyridine rings is 1. The van der Waals surface area contributed by atoms with E-state index in [1.54, 1.807) is 23.7 Å². The molecule has 2 aromatic rings. The van der Waals surface area contributed by atoms with Crippen LogP contribution < -0.4 is 5.32 Å². The Balaban J connectivity index is 1.50. The average Bonchev–Trinajstić information content (AvgIpc) is 3.37. The van der Waals surface area contributed by atoms with E-state index < -0.39 is 12.1 Å². The van der Waals surface area contributed by atoms with Crippen LogP contribution in [0.25, 0.3) is 0 Å². The second-order valence-electron chi connectivity index (χ2n) is 6.62. The standard InChI is InChI=1S/C19H21N3O3S/c23-16-12-25-18(19(24)21-9-7-15-4-2-10-26-15)17(22(16)14-5-6-14)13-3-1-8-20-11-13/h1-4,8,10-11,14,17-18H,5-7,9,12H2,(H,21,24)/t17-,18+/m1/s1. The van der Waals surface area contributed by atoms with Gasteiger partial charge in [-0.25, -0.2) is 0 Å². The number of nitrogens with zero attached hydrogens (tertiary/aromatic N) is 2. The summed E-state index contributed by atoms with van der Waals surface area (Å²) in [7, 11) is 0. The van der Waals surface area contributed by atoms with Crippen molar-refractivity contribution in [3.8, 4) is 0 Å². The van der Waals surface area contributed by atoms with Crippen LogP contribution in [0.15, 0.2) is 42.0 Å². The molecule has 0 radical (unpaired) electrons. The van der Waals surface area contributed by atoms with Crippen molar-refractivity contribution >= 4 is 23.2 Å². The molecule has 2 aliphatic rings. The van der Waals surface area contributed by atoms with E-state index in [1.165, 1.54) is 4.88 Å². The van der Waals surface area contributed by atoms with Gasteiger partial charge in [-0.1, -0.05) is 12.1 Å². The lowest BCUT2D eigenvalue weighted by Crippen LogP contribution is -2.55. The molecule has 2 aromatic heterocycles. The van der Waals surface area contributed by atoms with Gasteiger partial charge in [-0.3, -0.25) is 14.6 Å². The van der Waals surface area contributed by atoms with Crippen molar-refractivity contribution in [3.05, 3.63) is 52.5 Å². The Morgan fingerprint density at radius 2 is 2.23 bits per heavy atom. The van der Waals surface area contributed by atoms with E-state index in [2.05, 4.69) is 16.4 Å². The van der Waals surface area contributed by atoms with Crippen molar-refractivity contribution in [2.45, 2.75) is 37.5 Å². The molecule has 1 N–H and O–H groups in total. The molecule has 2 amide bonds. The number of carbonyl (C=O) groups excluding carboxylic acids is 2. The molecule has 0 bridgehead atoms. The first kappa shape index (κ1) is 17.2. The predicted octanol–water partition coefficient (Wildman–Crippen LogP) is 1.93. The molecule has 7 heteroatoms. The average molecular weight is 371 g/mol. The normalized spacial score (nSPS) is 23.1. The minimum absolute atomic E-state index is 0.0454. The molecule has 4 rings (SSSR count). The van der Waals surface area contributed by atoms with Crippen LogP contribution in [0.3, 0.4) is 0 Å². The van der Waals surface area contributed by atoms with Crippen LogP contribution in [0.2, 0.25) is 0 Å². The van der Waals surface area contributed by atoms with Gasteiger partial charge in [-0.05, 0) is 42.3 Å². The quantitative estimate of drug-likeness (QED) is 0.842. The molecular weight excluding hydrogens is 350 g/mol. The highest BCUT2D eigenvalue weighted by Crippen LogP contribution is 2.39. The maximum atomic E-state index is 12.8. The van der Waals surface area contributed by atoms with Gasteiger partial charge in [0, 0.05) is 29.9 Å². The lowest BCUT2D eigenvalue weighted by molar-refractivity contribution is -0.165. The Labute approximate surface area is 156 Å². The molecule has 6 nitrogen and oxygen atoms in total. The molecule has 26 heavy (non-hydrogen) atoms. The van der Waals surface area contributed by atoms with Crippen molar-refractivity contribution in [2.24, 2.45) is 0 Å². The molecule has 0 aromatic carbocycles. The number of thiophene rings is 1. The molecule has 1 aliphatic carbocycles. The maximum absolute atomic E-state index is 12.8. The largest absolute Gasteiger partial charge is 0.356 e. The highest BCUT2D eigenvalue weighted by molar-refractivity contribution is 7.09. The van der Waals surface area contributed by atoms with Gasteiger partial charge in [0.05, 0.1) is 6.04 Å². The number of hydrogen-bond donors (Lipinski definition) is 1. The third-order valence-electron chi connectivity index (χ3n) is 4.74. The summed E-state index contributed by atoms with van der Waals surface area (Å²) >= 11 is 1.68. The number of ether oxygens (including phenoxy) is 1. The van der Waals surface area contributed by atoms with Crippen molar-refractivity contribution in [1.29, 1.82) is 0 Å². The van der Waals surface area contributed by atoms with Crippen LogP contribution in [-0.2, 0) is 20.7 Å². The Bertz CT molecular complexity index is 762. The molecule has 1 saturated heterocycles. The molecule has 3 heterocycles. The number of nitrogens with one attached hydrogen (secondary N) is 1. The fourth-order valence-corrected chi connectivity index (χ4v) is 4.09. The minimum atomic E-state index is -0.708. The highest BCUT2D eigenvalue weighted by Gasteiger charge is 2.47. The summed E-state index contributed by atoms with van der Waals surface area (Å²) in [5.74, 6) is -0.224. The zero-order valence-corrected chi connectivity index (χ0v) is 15.2. The van der Waals surface area contributed by atoms with Crippen LogP contribution >= 0.6 is 11.3 Å². The van der Waals surface area contributed by atoms with E-state index in [0.717, 1.165) is 24.8 Å². The first-order valence-corrected chi connectivity index (χ1v) is 9.75. The number of carbonyl (C=O) groups is 2. The van der Waals surface area contributed by atoms with Gasteiger partial charge in [0.25, 0.3) is 5.91 Å². The van der Waals surface area contributed by atoms with Crippen molar-refractivity contribution in [3.63, 3.8) is 0 Å². The summed E-state index contributed by atoms with van der Waals surface area (Å²) in [6, 6.07) is 7.58. The second-order valence-corrected chi connectivity index (χ2v) is 7.65. The van der Waals surface area contributed by atoms with E-state index in [-0.39, 0.29) is 24.5 Å². The molecule has 136 valence electrons. The van der Waals surface area contributed by atoms with Crippen LogP contribution in [-0.4, -0.2) is 47.0 Å². The molecule has 0 spiro atoms. The number of hydrogen-bond acceptors (Lipinski definition) is 5. The van der Waals surface area contributed by atoms with Crippen molar-refractivity contribution in [1.82, 2.24) is 15.2 Å². The third-order valence-corrected chi connectivity index (χ3v) is 5.67. The van der Waals surface area contributed by atoms with Crippen LogP contribution in [0.1, 0.15) is 29.3 Å². The fraction of sp³-hybridized carbons (Fsp3) is 0.421. The van der Waals surface area contributed by atoms with Crippen LogP contribution in [0.4, 0.5) is 0 Å². The molecule has 1 aliphatic heterocycles. The van der Waals surface area contributed by atoms with E-state index in [4.69, 9.17) is 4.74 Å². The summed E-state index contributed by atoms with van der Waals surface area (Å²) < 4.78 is 5.69. The second kappa shape index (κ2) is 7.55. The Hall–Kier alpha value is -2.25. The van der Waals surface area contributed by atoms with Gasteiger partial charge in [0.1, 0.15) is 6.61 Å². The number of morpholine rings is 1. The zero-order chi connectivity index (χ0) is 17.9. The minimum Gasteiger partial charge on any atom is -0.356 e. The summed E-state index contributed by atoms with van der Waals surface area (Å²) in [6.07, 6.45) is 5.45. The lowest BCUT2D eigenvalue weighted by atomic mass is 9.98. The van der Waals surface area contributed by atoms with Gasteiger partial charge >= 0.3 is 0 Å². The monoisotopic (exact) mass is 371 g/mol. The summed E-state index contributed by atoms with van der Waals surface area (Å²) in [4.78, 5) is 32.5. The molecule has 0 unspecified atom stereocenters. The Kier molecular flexibility index (Phi) is 4.99. The highest BCUT2D eigenvalue weighted by atomic mass is 32.1. The smallest absolute Gasteiger partial charge is 0.251 e. The first-order chi connectivity index (χ1) is 12.7. The Morgan fingerprint density at radius 1 is 1.35 bits per heavy atom. The molecular formula is C19H21N3O3S. The van der Waals surface area contributed by atoms with Gasteiger partial charge in [-0.2, -0.15) is 0 Å². The Morgan fingerprint density at radius 3 is 2.92 bits per heavy atom. The van der Waals surface area contributed by atoms with Crippen LogP contribution in [0.5, 0.6) is 0 Å². The van der Waals surface area contributed by atoms with Gasteiger partial charge in [0.15, 0.2) is 6.10 Å². The van der Waals surface area contributed by atoms with E-state index in [1.807, 2.05) is 28.5 Å². The van der Waals surface area contributed by atoms with E-state index in [0.29, 0.717) is 6.54 Å². The van der Waals surface area contributed by atoms with Gasteiger partial charge in [0.2, 0.25) is 5.91 Å². The SMILES string of the molecule is O=C(NCCc1cccs1)[C@H]1OCC(=O)N(C2CC2)[C@@H]1c1cccnc1. The molecule has 2 atom stereocenters. The molecule has 2 fully saturated rings. The summed E-state index contributed by atoms with van der Waals surface area (Å²) in [5.41, 5.74) is 0.839. The third kappa shape index (κ3) is 3.64. The van der Waals surface area contributed by atoms with Gasteiger partial charge < -0.3 is 15.0 Å². The van der Waals surface area contributed by atoms with Gasteiger partial charge in [-0.15, -0.1) is 11.3 Å². The zero-order valence-electron chi connectivity index (χ0n) is 14.3. The summed E-state index contributed by atoms with van der Waals surface area (Å²) in [5, 5.41) is 5.00. The van der Waals surface area contributed by atoms with E-state index in [9.17, 15) is 9.59 Å². The lowest BCUT2D eigenvalue weighted by Gasteiger charge is -2.40. The first-order valence-electron chi connectivity index (χ1n) is 8.87. The van der Waals surface area contributed by atoms with E-state index >= 15 is 0 Å².